The smallest absolute Gasteiger partial charge is 0.243 e. The third-order valence-corrected chi connectivity index (χ3v) is 6.97. The standard InChI is InChI=1S/C20H24FNO4S/c1-16-5-2-3-6-19(16)27(24,25)22-13-4-11-20(23,12-14-22)15-26-18-9-7-17(21)8-10-18/h2-3,5-10,23H,4,11-15H2,1H3. The summed E-state index contributed by atoms with van der Waals surface area (Å²) in [4.78, 5) is 0.304. The molecule has 2 aromatic carbocycles. The molecule has 1 atom stereocenters. The lowest BCUT2D eigenvalue weighted by atomic mass is 9.96. The second-order valence-corrected chi connectivity index (χ2v) is 8.90. The number of ether oxygens (including phenoxy) is 1. The van der Waals surface area contributed by atoms with Gasteiger partial charge in [-0.1, -0.05) is 18.2 Å². The molecule has 1 saturated heterocycles. The van der Waals surface area contributed by atoms with Gasteiger partial charge in [0.2, 0.25) is 10.0 Å². The second kappa shape index (κ2) is 7.96. The zero-order valence-electron chi connectivity index (χ0n) is 15.3. The fraction of sp³-hybridized carbons (Fsp3) is 0.400. The molecule has 1 aliphatic heterocycles. The topological polar surface area (TPSA) is 66.8 Å². The quantitative estimate of drug-likeness (QED) is 0.848. The molecule has 5 nitrogen and oxygen atoms in total. The number of hydrogen-bond donors (Lipinski definition) is 1. The maximum atomic E-state index is 13.0. The van der Waals surface area contributed by atoms with Crippen LogP contribution < -0.4 is 4.74 Å². The third kappa shape index (κ3) is 4.66. The number of aliphatic hydroxyl groups is 1. The van der Waals surface area contributed by atoms with E-state index in [-0.39, 0.29) is 25.4 Å². The normalized spacial score (nSPS) is 21.6. The van der Waals surface area contributed by atoms with Crippen molar-refractivity contribution >= 4 is 10.0 Å². The van der Waals surface area contributed by atoms with E-state index in [9.17, 15) is 17.9 Å². The molecule has 1 fully saturated rings. The zero-order valence-corrected chi connectivity index (χ0v) is 16.1. The monoisotopic (exact) mass is 393 g/mol. The van der Waals surface area contributed by atoms with Gasteiger partial charge in [-0.25, -0.2) is 12.8 Å². The fourth-order valence-corrected chi connectivity index (χ4v) is 4.98. The Morgan fingerprint density at radius 3 is 2.52 bits per heavy atom. The van der Waals surface area contributed by atoms with E-state index in [1.54, 1.807) is 25.1 Å². The molecular weight excluding hydrogens is 369 g/mol. The van der Waals surface area contributed by atoms with Crippen molar-refractivity contribution in [2.45, 2.75) is 36.7 Å². The Hall–Kier alpha value is -1.96. The summed E-state index contributed by atoms with van der Waals surface area (Å²) < 4.78 is 45.9. The van der Waals surface area contributed by atoms with Crippen molar-refractivity contribution in [2.75, 3.05) is 19.7 Å². The Morgan fingerprint density at radius 1 is 1.11 bits per heavy atom. The molecule has 0 saturated carbocycles. The molecule has 2 aromatic rings. The molecule has 0 bridgehead atoms. The highest BCUT2D eigenvalue weighted by molar-refractivity contribution is 7.89. The molecule has 3 rings (SSSR count). The summed E-state index contributed by atoms with van der Waals surface area (Å²) >= 11 is 0. The largest absolute Gasteiger partial charge is 0.491 e. The Kier molecular flexibility index (Phi) is 5.83. The SMILES string of the molecule is Cc1ccccc1S(=O)(=O)N1CCCC(O)(COc2ccc(F)cc2)CC1. The van der Waals surface area contributed by atoms with E-state index in [1.807, 2.05) is 6.07 Å². The van der Waals surface area contributed by atoms with Crippen molar-refractivity contribution < 1.29 is 22.7 Å². The number of hydrogen-bond acceptors (Lipinski definition) is 4. The van der Waals surface area contributed by atoms with Gasteiger partial charge in [0, 0.05) is 13.1 Å². The average Bonchev–Trinajstić information content (AvgIpc) is 2.84. The van der Waals surface area contributed by atoms with E-state index in [1.165, 1.54) is 28.6 Å². The summed E-state index contributed by atoms with van der Waals surface area (Å²) in [6, 6.07) is 12.5. The Morgan fingerprint density at radius 2 is 1.81 bits per heavy atom. The van der Waals surface area contributed by atoms with E-state index >= 15 is 0 Å². The molecule has 0 aliphatic carbocycles. The molecule has 7 heteroatoms. The second-order valence-electron chi connectivity index (χ2n) is 6.99. The van der Waals surface area contributed by atoms with Crippen LogP contribution in [0, 0.1) is 12.7 Å². The first-order valence-electron chi connectivity index (χ1n) is 8.97. The molecule has 0 amide bonds. The summed E-state index contributed by atoms with van der Waals surface area (Å²) in [7, 11) is -3.60. The Balaban J connectivity index is 1.67. The molecular formula is C20H24FNO4S. The predicted octanol–water partition coefficient (Wildman–Crippen LogP) is 3.12. The van der Waals surface area contributed by atoms with Crippen molar-refractivity contribution in [3.63, 3.8) is 0 Å². The molecule has 1 aliphatic rings. The van der Waals surface area contributed by atoms with Crippen LogP contribution in [0.2, 0.25) is 0 Å². The minimum atomic E-state index is -3.60. The van der Waals surface area contributed by atoms with Crippen molar-refractivity contribution in [3.05, 3.63) is 59.9 Å². The first-order chi connectivity index (χ1) is 12.8. The lowest BCUT2D eigenvalue weighted by Gasteiger charge is -2.27. The number of sulfonamides is 1. The van der Waals surface area contributed by atoms with Crippen LogP contribution in [0.3, 0.4) is 0 Å². The van der Waals surface area contributed by atoms with Crippen molar-refractivity contribution in [2.24, 2.45) is 0 Å². The number of rotatable bonds is 5. The van der Waals surface area contributed by atoms with Gasteiger partial charge >= 0.3 is 0 Å². The highest BCUT2D eigenvalue weighted by atomic mass is 32.2. The number of halogens is 1. The van der Waals surface area contributed by atoms with Crippen LogP contribution in [-0.4, -0.2) is 43.1 Å². The van der Waals surface area contributed by atoms with Crippen molar-refractivity contribution in [1.29, 1.82) is 0 Å². The zero-order chi connectivity index (χ0) is 19.5. The Labute approximate surface area is 159 Å². The average molecular weight is 393 g/mol. The summed E-state index contributed by atoms with van der Waals surface area (Å²) in [6.07, 6.45) is 1.25. The van der Waals surface area contributed by atoms with E-state index in [0.29, 0.717) is 35.6 Å². The van der Waals surface area contributed by atoms with Gasteiger partial charge < -0.3 is 9.84 Å². The van der Waals surface area contributed by atoms with Crippen LogP contribution in [0.1, 0.15) is 24.8 Å². The predicted molar refractivity (Wildman–Crippen MR) is 101 cm³/mol. The summed E-state index contributed by atoms with van der Waals surface area (Å²) in [5.74, 6) is 0.117. The van der Waals surface area contributed by atoms with Crippen LogP contribution in [0.4, 0.5) is 4.39 Å². The minimum Gasteiger partial charge on any atom is -0.491 e. The maximum absolute atomic E-state index is 13.0. The summed E-state index contributed by atoms with van der Waals surface area (Å²) in [5.41, 5.74) is -0.415. The minimum absolute atomic E-state index is 0.0386. The van der Waals surface area contributed by atoms with Crippen LogP contribution >= 0.6 is 0 Å². The Bertz CT molecular complexity index is 885. The molecule has 1 N–H and O–H groups in total. The van der Waals surface area contributed by atoms with Gasteiger partial charge in [-0.05, 0) is 62.1 Å². The van der Waals surface area contributed by atoms with Crippen LogP contribution in [0.25, 0.3) is 0 Å². The van der Waals surface area contributed by atoms with Gasteiger partial charge in [0.25, 0.3) is 0 Å². The summed E-state index contributed by atoms with van der Waals surface area (Å²) in [6.45, 7) is 2.39. The van der Waals surface area contributed by atoms with Crippen LogP contribution in [0.5, 0.6) is 5.75 Å². The molecule has 27 heavy (non-hydrogen) atoms. The van der Waals surface area contributed by atoms with Gasteiger partial charge in [-0.2, -0.15) is 4.31 Å². The van der Waals surface area contributed by atoms with Gasteiger partial charge in [-0.3, -0.25) is 0 Å². The highest BCUT2D eigenvalue weighted by Gasteiger charge is 2.35. The first-order valence-corrected chi connectivity index (χ1v) is 10.4. The van der Waals surface area contributed by atoms with Gasteiger partial charge in [-0.15, -0.1) is 0 Å². The van der Waals surface area contributed by atoms with Crippen LogP contribution in [-0.2, 0) is 10.0 Å². The molecule has 1 heterocycles. The van der Waals surface area contributed by atoms with E-state index in [0.717, 1.165) is 0 Å². The molecule has 146 valence electrons. The van der Waals surface area contributed by atoms with E-state index in [2.05, 4.69) is 0 Å². The number of benzene rings is 2. The van der Waals surface area contributed by atoms with Crippen LogP contribution in [0.15, 0.2) is 53.4 Å². The highest BCUT2D eigenvalue weighted by Crippen LogP contribution is 2.28. The van der Waals surface area contributed by atoms with E-state index in [4.69, 9.17) is 4.74 Å². The third-order valence-electron chi connectivity index (χ3n) is 4.91. The maximum Gasteiger partial charge on any atom is 0.243 e. The van der Waals surface area contributed by atoms with Gasteiger partial charge in [0.05, 0.1) is 10.5 Å². The van der Waals surface area contributed by atoms with Crippen molar-refractivity contribution in [3.8, 4) is 5.75 Å². The summed E-state index contributed by atoms with van der Waals surface area (Å²) in [5, 5.41) is 10.9. The number of aryl methyl sites for hydroxylation is 1. The number of nitrogens with zero attached hydrogens (tertiary/aromatic N) is 1. The van der Waals surface area contributed by atoms with Gasteiger partial charge in [0.1, 0.15) is 18.2 Å². The first kappa shape index (κ1) is 19.8. The lowest BCUT2D eigenvalue weighted by molar-refractivity contribution is -0.0156. The van der Waals surface area contributed by atoms with Crippen molar-refractivity contribution in [1.82, 2.24) is 4.31 Å². The molecule has 1 unspecified atom stereocenters. The van der Waals surface area contributed by atoms with E-state index < -0.39 is 15.6 Å². The molecule has 0 spiro atoms. The fourth-order valence-electron chi connectivity index (χ4n) is 3.27. The molecule has 0 aromatic heterocycles. The lowest BCUT2D eigenvalue weighted by Crippen LogP contribution is -2.38. The molecule has 0 radical (unpaired) electrons. The van der Waals surface area contributed by atoms with Gasteiger partial charge in [0.15, 0.2) is 0 Å².